The zero-order chi connectivity index (χ0) is 26.8. The minimum absolute atomic E-state index is 0.00219. The van der Waals surface area contributed by atoms with Crippen molar-refractivity contribution in [1.82, 2.24) is 5.32 Å². The Balaban J connectivity index is 1.71. The Morgan fingerprint density at radius 3 is 2.44 bits per heavy atom. The van der Waals surface area contributed by atoms with Crippen molar-refractivity contribution in [3.63, 3.8) is 0 Å². The summed E-state index contributed by atoms with van der Waals surface area (Å²) in [5, 5.41) is 3.19. The van der Waals surface area contributed by atoms with Crippen LogP contribution in [0.5, 0.6) is 11.5 Å². The quantitative estimate of drug-likeness (QED) is 0.206. The molecule has 0 aliphatic rings. The number of nitrogens with one attached hydrogen (secondary N) is 1. The van der Waals surface area contributed by atoms with Crippen molar-refractivity contribution >= 4 is 27.6 Å². The molecule has 0 atom stereocenters. The molecule has 0 amide bonds. The maximum Gasteiger partial charge on any atom is 0.573 e. The van der Waals surface area contributed by atoms with Crippen LogP contribution >= 0.6 is 11.8 Å². The van der Waals surface area contributed by atoms with Gasteiger partial charge in [0.1, 0.15) is 11.5 Å². The monoisotopic (exact) mass is 549 g/mol. The molecule has 0 aliphatic carbocycles. The Bertz CT molecular complexity index is 1120. The standard InChI is InChI=1S/C24H30F3NO6S2/c1-4-32-23(29)16-33-21-8-7-20(15-17(21)2)35-12-11-28-10-5-13-36(30,31)22-9-6-19(14-18(22)3)34-24(25,26)27/h6-9,14-15,28H,4-5,10-13,16H2,1-3H3. The number of ether oxygens (including phenoxy) is 3. The van der Waals surface area contributed by atoms with Crippen molar-refractivity contribution in [3.05, 3.63) is 47.5 Å². The van der Waals surface area contributed by atoms with Gasteiger partial charge in [0.05, 0.1) is 17.3 Å². The number of hydrogen-bond acceptors (Lipinski definition) is 8. The number of carbonyl (C=O) groups excluding carboxylic acids is 1. The number of sulfone groups is 1. The van der Waals surface area contributed by atoms with E-state index in [1.54, 1.807) is 24.8 Å². The van der Waals surface area contributed by atoms with E-state index in [0.717, 1.165) is 34.4 Å². The number of esters is 1. The molecule has 200 valence electrons. The highest BCUT2D eigenvalue weighted by atomic mass is 32.2. The number of alkyl halides is 3. The third-order valence-electron chi connectivity index (χ3n) is 4.83. The zero-order valence-corrected chi connectivity index (χ0v) is 21.9. The molecule has 1 N–H and O–H groups in total. The summed E-state index contributed by atoms with van der Waals surface area (Å²) in [6, 6.07) is 8.88. The normalized spacial score (nSPS) is 11.8. The lowest BCUT2D eigenvalue weighted by Crippen LogP contribution is -2.21. The second-order valence-corrected chi connectivity index (χ2v) is 11.0. The van der Waals surface area contributed by atoms with Gasteiger partial charge in [-0.15, -0.1) is 24.9 Å². The molecule has 0 spiro atoms. The molecule has 0 fully saturated rings. The molecule has 2 aromatic rings. The average Bonchev–Trinajstić information content (AvgIpc) is 2.76. The van der Waals surface area contributed by atoms with Crippen LogP contribution in [0.25, 0.3) is 0 Å². The largest absolute Gasteiger partial charge is 0.573 e. The van der Waals surface area contributed by atoms with E-state index in [2.05, 4.69) is 10.1 Å². The number of carbonyl (C=O) groups is 1. The Morgan fingerprint density at radius 2 is 1.81 bits per heavy atom. The molecule has 0 bridgehead atoms. The van der Waals surface area contributed by atoms with E-state index in [-0.39, 0.29) is 22.8 Å². The Morgan fingerprint density at radius 1 is 1.06 bits per heavy atom. The number of halogens is 3. The molecule has 7 nitrogen and oxygen atoms in total. The van der Waals surface area contributed by atoms with Crippen LogP contribution in [0.1, 0.15) is 24.5 Å². The van der Waals surface area contributed by atoms with Gasteiger partial charge in [-0.1, -0.05) is 0 Å². The minimum Gasteiger partial charge on any atom is -0.482 e. The van der Waals surface area contributed by atoms with Gasteiger partial charge in [-0.3, -0.25) is 0 Å². The van der Waals surface area contributed by atoms with Crippen LogP contribution in [0.2, 0.25) is 0 Å². The Hall–Kier alpha value is -2.44. The van der Waals surface area contributed by atoms with E-state index < -0.39 is 27.9 Å². The third kappa shape index (κ3) is 10.3. The van der Waals surface area contributed by atoms with Crippen LogP contribution in [0, 0.1) is 13.8 Å². The Kier molecular flexibility index (Phi) is 11.4. The lowest BCUT2D eigenvalue weighted by atomic mass is 10.2. The van der Waals surface area contributed by atoms with Crippen molar-refractivity contribution in [3.8, 4) is 11.5 Å². The van der Waals surface area contributed by atoms with Crippen LogP contribution in [0.4, 0.5) is 13.2 Å². The first-order valence-corrected chi connectivity index (χ1v) is 13.9. The van der Waals surface area contributed by atoms with Crippen LogP contribution < -0.4 is 14.8 Å². The van der Waals surface area contributed by atoms with Crippen LogP contribution in [-0.4, -0.2) is 58.6 Å². The summed E-state index contributed by atoms with van der Waals surface area (Å²) < 4.78 is 76.3. The third-order valence-corrected chi connectivity index (χ3v) is 7.78. The molecule has 0 unspecified atom stereocenters. The number of thioether (sulfide) groups is 1. The van der Waals surface area contributed by atoms with Gasteiger partial charge in [0.25, 0.3) is 0 Å². The summed E-state index contributed by atoms with van der Waals surface area (Å²) in [6.07, 6.45) is -4.47. The van der Waals surface area contributed by atoms with E-state index >= 15 is 0 Å². The molecule has 36 heavy (non-hydrogen) atoms. The van der Waals surface area contributed by atoms with Crippen LogP contribution in [0.15, 0.2) is 46.2 Å². The topological polar surface area (TPSA) is 90.9 Å². The second kappa shape index (κ2) is 13.8. The van der Waals surface area contributed by atoms with E-state index in [1.807, 2.05) is 19.1 Å². The molecule has 2 aromatic carbocycles. The van der Waals surface area contributed by atoms with Crippen molar-refractivity contribution in [1.29, 1.82) is 0 Å². The summed E-state index contributed by atoms with van der Waals surface area (Å²) in [5.41, 5.74) is 1.10. The molecule has 0 saturated carbocycles. The van der Waals surface area contributed by atoms with Crippen molar-refractivity contribution < 1.29 is 40.6 Å². The molecule has 12 heteroatoms. The molecule has 0 radical (unpaired) electrons. The smallest absolute Gasteiger partial charge is 0.482 e. The summed E-state index contributed by atoms with van der Waals surface area (Å²) in [7, 11) is -3.63. The fourth-order valence-corrected chi connectivity index (χ4v) is 5.72. The second-order valence-electron chi connectivity index (χ2n) is 7.77. The summed E-state index contributed by atoms with van der Waals surface area (Å²) in [4.78, 5) is 12.4. The van der Waals surface area contributed by atoms with Crippen LogP contribution in [0.3, 0.4) is 0 Å². The SMILES string of the molecule is CCOC(=O)COc1ccc(SCCNCCCS(=O)(=O)c2ccc(OC(F)(F)F)cc2C)cc1C. The predicted octanol–water partition coefficient (Wildman–Crippen LogP) is 4.69. The maximum absolute atomic E-state index is 12.6. The summed E-state index contributed by atoms with van der Waals surface area (Å²) >= 11 is 1.62. The fourth-order valence-electron chi connectivity index (χ4n) is 3.24. The predicted molar refractivity (Wildman–Crippen MR) is 131 cm³/mol. The minimum atomic E-state index is -4.83. The molecule has 2 rings (SSSR count). The highest BCUT2D eigenvalue weighted by Gasteiger charge is 2.31. The van der Waals surface area contributed by atoms with E-state index in [1.165, 1.54) is 6.92 Å². The van der Waals surface area contributed by atoms with Gasteiger partial charge in [0.15, 0.2) is 16.4 Å². The van der Waals surface area contributed by atoms with Crippen LogP contribution in [-0.2, 0) is 19.4 Å². The molecular formula is C24H30F3NO6S2. The molecule has 0 aromatic heterocycles. The Labute approximate surface area is 213 Å². The zero-order valence-electron chi connectivity index (χ0n) is 20.3. The van der Waals surface area contributed by atoms with Crippen molar-refractivity contribution in [2.24, 2.45) is 0 Å². The van der Waals surface area contributed by atoms with Gasteiger partial charge in [-0.05, 0) is 81.3 Å². The van der Waals surface area contributed by atoms with Gasteiger partial charge in [0.2, 0.25) is 0 Å². The number of aryl methyl sites for hydroxylation is 2. The lowest BCUT2D eigenvalue weighted by Gasteiger charge is -2.12. The summed E-state index contributed by atoms with van der Waals surface area (Å²) in [6.45, 7) is 6.36. The first-order chi connectivity index (χ1) is 16.9. The van der Waals surface area contributed by atoms with E-state index in [4.69, 9.17) is 9.47 Å². The highest BCUT2D eigenvalue weighted by molar-refractivity contribution is 7.99. The molecule has 0 heterocycles. The van der Waals surface area contributed by atoms with Crippen molar-refractivity contribution in [2.45, 2.75) is 43.3 Å². The first kappa shape index (κ1) is 29.8. The number of rotatable bonds is 14. The highest BCUT2D eigenvalue weighted by Crippen LogP contribution is 2.27. The van der Waals surface area contributed by atoms with Gasteiger partial charge in [-0.25, -0.2) is 13.2 Å². The lowest BCUT2D eigenvalue weighted by molar-refractivity contribution is -0.274. The van der Waals surface area contributed by atoms with E-state index in [9.17, 15) is 26.4 Å². The van der Waals surface area contributed by atoms with E-state index in [0.29, 0.717) is 31.9 Å². The van der Waals surface area contributed by atoms with Gasteiger partial charge < -0.3 is 19.5 Å². The molecular weight excluding hydrogens is 519 g/mol. The molecule has 0 aliphatic heterocycles. The first-order valence-electron chi connectivity index (χ1n) is 11.2. The number of hydrogen-bond donors (Lipinski definition) is 1. The molecule has 0 saturated heterocycles. The fraction of sp³-hybridized carbons (Fsp3) is 0.458. The maximum atomic E-state index is 12.6. The van der Waals surface area contributed by atoms with Gasteiger partial charge >= 0.3 is 12.3 Å². The summed E-state index contributed by atoms with van der Waals surface area (Å²) in [5.74, 6) is 0.379. The average molecular weight is 550 g/mol. The van der Waals surface area contributed by atoms with Gasteiger partial charge in [-0.2, -0.15) is 0 Å². The van der Waals surface area contributed by atoms with Crippen molar-refractivity contribution in [2.75, 3.05) is 37.8 Å². The van der Waals surface area contributed by atoms with Gasteiger partial charge in [0, 0.05) is 17.2 Å². The number of benzene rings is 2.